The Balaban J connectivity index is 2.18. The van der Waals surface area contributed by atoms with Crippen molar-refractivity contribution in [2.24, 2.45) is 0 Å². The highest BCUT2D eigenvalue weighted by Gasteiger charge is 2.13. The molecule has 1 heterocycles. The van der Waals surface area contributed by atoms with Crippen molar-refractivity contribution >= 4 is 28.3 Å². The fourth-order valence-electron chi connectivity index (χ4n) is 1.02. The first-order valence-corrected chi connectivity index (χ1v) is 5.60. The van der Waals surface area contributed by atoms with E-state index in [1.165, 1.54) is 0 Å². The standard InChI is InChI=1S/C8H12N2OS2/c9-2-1-7-13-8(12)10-3-5-11-6-4-10/h1,3-7H2. The zero-order valence-electron chi connectivity index (χ0n) is 7.36. The van der Waals surface area contributed by atoms with Crippen molar-refractivity contribution < 1.29 is 4.74 Å². The lowest BCUT2D eigenvalue weighted by molar-refractivity contribution is 0.0702. The maximum atomic E-state index is 8.35. The lowest BCUT2D eigenvalue weighted by atomic mass is 10.5. The van der Waals surface area contributed by atoms with Crippen LogP contribution in [0.2, 0.25) is 0 Å². The SMILES string of the molecule is N#CCCSC(=S)N1CCOCC1. The monoisotopic (exact) mass is 216 g/mol. The normalized spacial score (nSPS) is 16.7. The Morgan fingerprint density at radius 1 is 1.54 bits per heavy atom. The van der Waals surface area contributed by atoms with Gasteiger partial charge in [0.15, 0.2) is 0 Å². The Morgan fingerprint density at radius 2 is 2.23 bits per heavy atom. The van der Waals surface area contributed by atoms with E-state index in [2.05, 4.69) is 11.0 Å². The van der Waals surface area contributed by atoms with Gasteiger partial charge in [0.2, 0.25) is 0 Å². The minimum Gasteiger partial charge on any atom is -0.378 e. The third-order valence-corrected chi connectivity index (χ3v) is 3.23. The van der Waals surface area contributed by atoms with E-state index in [-0.39, 0.29) is 0 Å². The van der Waals surface area contributed by atoms with Gasteiger partial charge in [0.1, 0.15) is 4.32 Å². The van der Waals surface area contributed by atoms with E-state index < -0.39 is 0 Å². The molecule has 1 aliphatic heterocycles. The average Bonchev–Trinajstić information content (AvgIpc) is 2.19. The highest BCUT2D eigenvalue weighted by atomic mass is 32.2. The van der Waals surface area contributed by atoms with Crippen LogP contribution in [0, 0.1) is 11.3 Å². The third-order valence-electron chi connectivity index (χ3n) is 1.71. The molecule has 0 N–H and O–H groups in total. The van der Waals surface area contributed by atoms with Crippen molar-refractivity contribution in [3.05, 3.63) is 0 Å². The van der Waals surface area contributed by atoms with Crippen molar-refractivity contribution in [3.63, 3.8) is 0 Å². The summed E-state index contributed by atoms with van der Waals surface area (Å²) < 4.78 is 6.11. The molecule has 3 nitrogen and oxygen atoms in total. The largest absolute Gasteiger partial charge is 0.378 e. The first-order valence-electron chi connectivity index (χ1n) is 4.21. The quantitative estimate of drug-likeness (QED) is 0.513. The highest BCUT2D eigenvalue weighted by molar-refractivity contribution is 8.22. The molecule has 0 atom stereocenters. The van der Waals surface area contributed by atoms with Gasteiger partial charge < -0.3 is 9.64 Å². The van der Waals surface area contributed by atoms with Crippen LogP contribution in [0.15, 0.2) is 0 Å². The topological polar surface area (TPSA) is 36.3 Å². The number of thioether (sulfide) groups is 1. The second-order valence-electron chi connectivity index (χ2n) is 2.62. The zero-order valence-corrected chi connectivity index (χ0v) is 8.99. The summed E-state index contributed by atoms with van der Waals surface area (Å²) in [5.74, 6) is 0.798. The molecule has 1 aliphatic rings. The Bertz CT molecular complexity index is 209. The van der Waals surface area contributed by atoms with Crippen LogP contribution in [0.1, 0.15) is 6.42 Å². The maximum absolute atomic E-state index is 8.35. The molecule has 0 saturated carbocycles. The molecule has 0 aliphatic carbocycles. The molecular formula is C8H12N2OS2. The van der Waals surface area contributed by atoms with E-state index in [0.29, 0.717) is 6.42 Å². The molecule has 0 unspecified atom stereocenters. The van der Waals surface area contributed by atoms with Crippen molar-refractivity contribution in [1.82, 2.24) is 4.90 Å². The predicted octanol–water partition coefficient (Wildman–Crippen LogP) is 1.25. The summed E-state index contributed by atoms with van der Waals surface area (Å²) in [5, 5.41) is 8.35. The van der Waals surface area contributed by atoms with Crippen molar-refractivity contribution in [3.8, 4) is 6.07 Å². The summed E-state index contributed by atoms with van der Waals surface area (Å²) >= 11 is 6.80. The number of rotatable bonds is 2. The smallest absolute Gasteiger partial charge is 0.136 e. The van der Waals surface area contributed by atoms with Crippen LogP contribution in [0.25, 0.3) is 0 Å². The van der Waals surface area contributed by atoms with Gasteiger partial charge in [-0.25, -0.2) is 0 Å². The maximum Gasteiger partial charge on any atom is 0.136 e. The van der Waals surface area contributed by atoms with Gasteiger partial charge in [-0.2, -0.15) is 5.26 Å². The van der Waals surface area contributed by atoms with E-state index in [1.54, 1.807) is 11.8 Å². The molecule has 0 spiro atoms. The molecule has 1 saturated heterocycles. The van der Waals surface area contributed by atoms with Gasteiger partial charge in [-0.1, -0.05) is 24.0 Å². The minimum atomic E-state index is 0.565. The molecular weight excluding hydrogens is 204 g/mol. The Kier molecular flexibility index (Phi) is 5.13. The van der Waals surface area contributed by atoms with E-state index in [9.17, 15) is 0 Å². The average molecular weight is 216 g/mol. The fraction of sp³-hybridized carbons (Fsp3) is 0.750. The lowest BCUT2D eigenvalue weighted by Crippen LogP contribution is -2.38. The molecule has 0 amide bonds. The first kappa shape index (κ1) is 10.8. The van der Waals surface area contributed by atoms with Crippen LogP contribution >= 0.6 is 24.0 Å². The number of morpholine rings is 1. The predicted molar refractivity (Wildman–Crippen MR) is 57.7 cm³/mol. The van der Waals surface area contributed by atoms with Gasteiger partial charge in [-0.05, 0) is 0 Å². The fourth-order valence-corrected chi connectivity index (χ4v) is 2.19. The van der Waals surface area contributed by atoms with Gasteiger partial charge in [0.25, 0.3) is 0 Å². The van der Waals surface area contributed by atoms with E-state index in [1.807, 2.05) is 0 Å². The van der Waals surface area contributed by atoms with Crippen molar-refractivity contribution in [2.75, 3.05) is 32.1 Å². The van der Waals surface area contributed by atoms with Gasteiger partial charge in [-0.15, -0.1) is 0 Å². The van der Waals surface area contributed by atoms with Gasteiger partial charge in [0.05, 0.1) is 19.3 Å². The Labute approximate surface area is 88.0 Å². The number of nitrogens with zero attached hydrogens (tertiary/aromatic N) is 2. The zero-order chi connectivity index (χ0) is 9.52. The minimum absolute atomic E-state index is 0.565. The molecule has 13 heavy (non-hydrogen) atoms. The van der Waals surface area contributed by atoms with Crippen molar-refractivity contribution in [1.29, 1.82) is 5.26 Å². The summed E-state index contributed by atoms with van der Waals surface area (Å²) in [6.07, 6.45) is 0.565. The molecule has 0 bridgehead atoms. The number of hydrogen-bond acceptors (Lipinski definition) is 4. The van der Waals surface area contributed by atoms with E-state index >= 15 is 0 Å². The molecule has 1 fully saturated rings. The third kappa shape index (κ3) is 3.94. The van der Waals surface area contributed by atoms with Crippen LogP contribution in [-0.2, 0) is 4.74 Å². The first-order chi connectivity index (χ1) is 6.34. The van der Waals surface area contributed by atoms with E-state index in [0.717, 1.165) is 36.4 Å². The molecule has 0 aromatic heterocycles. The second kappa shape index (κ2) is 6.19. The van der Waals surface area contributed by atoms with E-state index in [4.69, 9.17) is 22.2 Å². The summed E-state index contributed by atoms with van der Waals surface area (Å²) in [6.45, 7) is 3.30. The second-order valence-corrected chi connectivity index (χ2v) is 4.35. The number of ether oxygens (including phenoxy) is 1. The summed E-state index contributed by atoms with van der Waals surface area (Å²) in [7, 11) is 0. The molecule has 5 heteroatoms. The van der Waals surface area contributed by atoms with Gasteiger partial charge in [-0.3, -0.25) is 0 Å². The number of thiocarbonyl (C=S) groups is 1. The van der Waals surface area contributed by atoms with Crippen molar-refractivity contribution in [2.45, 2.75) is 6.42 Å². The lowest BCUT2D eigenvalue weighted by Gasteiger charge is -2.28. The molecule has 0 radical (unpaired) electrons. The summed E-state index contributed by atoms with van der Waals surface area (Å²) in [4.78, 5) is 2.14. The number of hydrogen-bond donors (Lipinski definition) is 0. The van der Waals surface area contributed by atoms with Crippen LogP contribution in [0.4, 0.5) is 0 Å². The number of nitriles is 1. The summed E-state index contributed by atoms with van der Waals surface area (Å²) in [6, 6.07) is 2.10. The molecule has 0 aromatic rings. The van der Waals surface area contributed by atoms with Crippen LogP contribution < -0.4 is 0 Å². The summed E-state index contributed by atoms with van der Waals surface area (Å²) in [5.41, 5.74) is 0. The molecule has 0 aromatic carbocycles. The Hall–Kier alpha value is -0.310. The van der Waals surface area contributed by atoms with Crippen LogP contribution in [-0.4, -0.2) is 41.3 Å². The molecule has 72 valence electrons. The van der Waals surface area contributed by atoms with Gasteiger partial charge >= 0.3 is 0 Å². The van der Waals surface area contributed by atoms with Crippen LogP contribution in [0.5, 0.6) is 0 Å². The molecule has 1 rings (SSSR count). The Morgan fingerprint density at radius 3 is 2.85 bits per heavy atom. The van der Waals surface area contributed by atoms with Gasteiger partial charge in [0, 0.05) is 25.3 Å². The van der Waals surface area contributed by atoms with Crippen LogP contribution in [0.3, 0.4) is 0 Å². The highest BCUT2D eigenvalue weighted by Crippen LogP contribution is 2.11.